The van der Waals surface area contributed by atoms with Crippen LogP contribution < -0.4 is 0 Å². The Bertz CT molecular complexity index is 157. The van der Waals surface area contributed by atoms with Gasteiger partial charge in [-0.2, -0.15) is 0 Å². The normalized spacial score (nSPS) is 11.6. The van der Waals surface area contributed by atoms with Gasteiger partial charge in [0.05, 0.1) is 6.61 Å². The van der Waals surface area contributed by atoms with Crippen molar-refractivity contribution in [3.63, 3.8) is 0 Å². The predicted octanol–water partition coefficient (Wildman–Crippen LogP) is 0.435. The molecule has 0 saturated carbocycles. The fourth-order valence-electron chi connectivity index (χ4n) is 0.519. The van der Waals surface area contributed by atoms with Crippen LogP contribution in [-0.2, 0) is 4.74 Å². The van der Waals surface area contributed by atoms with Gasteiger partial charge in [-0.15, -0.1) is 0 Å². The van der Waals surface area contributed by atoms with Gasteiger partial charge in [0.1, 0.15) is 18.5 Å². The third kappa shape index (κ3) is 5.67. The van der Waals surface area contributed by atoms with E-state index in [2.05, 4.69) is 5.73 Å². The van der Waals surface area contributed by atoms with Gasteiger partial charge in [-0.25, -0.2) is 0 Å². The zero-order chi connectivity index (χ0) is 8.69. The Labute approximate surface area is 66.6 Å². The van der Waals surface area contributed by atoms with Gasteiger partial charge in [-0.3, -0.25) is 0 Å². The summed E-state index contributed by atoms with van der Waals surface area (Å²) in [6, 6.07) is 0. The van der Waals surface area contributed by atoms with E-state index in [4.69, 9.17) is 14.9 Å². The fraction of sp³-hybridized carbons (Fsp3) is 0.625. The van der Waals surface area contributed by atoms with Crippen LogP contribution in [0.25, 0.3) is 0 Å². The van der Waals surface area contributed by atoms with Crippen molar-refractivity contribution in [3.8, 4) is 0 Å². The van der Waals surface area contributed by atoms with Gasteiger partial charge in [0, 0.05) is 6.92 Å². The topological polar surface area (TPSA) is 49.7 Å². The molecule has 0 bridgehead atoms. The molecule has 1 unspecified atom stereocenters. The quantitative estimate of drug-likeness (QED) is 0.461. The molecule has 0 aliphatic carbocycles. The molecule has 64 valence electrons. The van der Waals surface area contributed by atoms with Gasteiger partial charge in [-0.05, 0) is 13.0 Å². The van der Waals surface area contributed by atoms with Crippen LogP contribution in [-0.4, -0.2) is 29.5 Å². The van der Waals surface area contributed by atoms with E-state index in [1.54, 1.807) is 13.0 Å². The molecule has 0 fully saturated rings. The standard InChI is InChI=1S/C8H14O3/c1-3-4-7(2)11-6-8(10)5-9/h3,8-10H,5-6H2,1-2H3. The van der Waals surface area contributed by atoms with Crippen molar-refractivity contribution in [1.82, 2.24) is 0 Å². The number of hydrogen-bond donors (Lipinski definition) is 2. The second-order valence-corrected chi connectivity index (χ2v) is 2.14. The summed E-state index contributed by atoms with van der Waals surface area (Å²) in [7, 11) is 0. The summed E-state index contributed by atoms with van der Waals surface area (Å²) >= 11 is 0. The molecule has 0 aromatic carbocycles. The van der Waals surface area contributed by atoms with Crippen LogP contribution in [0.2, 0.25) is 0 Å². The van der Waals surface area contributed by atoms with Crippen molar-refractivity contribution in [2.24, 2.45) is 0 Å². The summed E-state index contributed by atoms with van der Waals surface area (Å²) < 4.78 is 5.00. The highest BCUT2D eigenvalue weighted by molar-refractivity contribution is 4.87. The monoisotopic (exact) mass is 158 g/mol. The maximum absolute atomic E-state index is 8.85. The lowest BCUT2D eigenvalue weighted by molar-refractivity contribution is 0.0308. The first-order valence-corrected chi connectivity index (χ1v) is 3.50. The highest BCUT2D eigenvalue weighted by Gasteiger charge is 2.00. The lowest BCUT2D eigenvalue weighted by Gasteiger charge is -2.07. The molecule has 11 heavy (non-hydrogen) atoms. The molecule has 0 aromatic heterocycles. The Hall–Kier alpha value is -0.760. The molecule has 1 atom stereocenters. The lowest BCUT2D eigenvalue weighted by atomic mass is 10.4. The molecule has 0 heterocycles. The summed E-state index contributed by atoms with van der Waals surface area (Å²) in [4.78, 5) is 0. The van der Waals surface area contributed by atoms with E-state index in [-0.39, 0.29) is 13.2 Å². The van der Waals surface area contributed by atoms with Crippen molar-refractivity contribution < 1.29 is 14.9 Å². The first-order valence-electron chi connectivity index (χ1n) is 3.50. The average molecular weight is 158 g/mol. The molecule has 0 rings (SSSR count). The van der Waals surface area contributed by atoms with Crippen molar-refractivity contribution in [1.29, 1.82) is 0 Å². The van der Waals surface area contributed by atoms with Crippen LogP contribution in [0, 0.1) is 0 Å². The number of hydrogen-bond acceptors (Lipinski definition) is 3. The molecule has 0 aliphatic heterocycles. The van der Waals surface area contributed by atoms with Crippen molar-refractivity contribution in [2.75, 3.05) is 13.2 Å². The molecule has 0 spiro atoms. The SMILES string of the molecule is CC=C=C(C)OCC(O)CO. The summed E-state index contributed by atoms with van der Waals surface area (Å²) in [6.07, 6.45) is 0.921. The van der Waals surface area contributed by atoms with E-state index in [9.17, 15) is 0 Å². The molecule has 0 saturated heterocycles. The first-order chi connectivity index (χ1) is 5.20. The molecule has 3 nitrogen and oxygen atoms in total. The number of ether oxygens (including phenoxy) is 1. The van der Waals surface area contributed by atoms with Gasteiger partial charge >= 0.3 is 0 Å². The Morgan fingerprint density at radius 1 is 1.73 bits per heavy atom. The van der Waals surface area contributed by atoms with Gasteiger partial charge in [0.25, 0.3) is 0 Å². The van der Waals surface area contributed by atoms with Gasteiger partial charge < -0.3 is 14.9 Å². The average Bonchev–Trinajstić information content (AvgIpc) is 2.01. The summed E-state index contributed by atoms with van der Waals surface area (Å²) in [5.41, 5.74) is 2.80. The maximum Gasteiger partial charge on any atom is 0.135 e. The molecule has 2 N–H and O–H groups in total. The van der Waals surface area contributed by atoms with Crippen LogP contribution in [0.5, 0.6) is 0 Å². The Kier molecular flexibility index (Phi) is 5.57. The molecular formula is C8H14O3. The molecular weight excluding hydrogens is 144 g/mol. The zero-order valence-electron chi connectivity index (χ0n) is 6.87. The van der Waals surface area contributed by atoms with E-state index >= 15 is 0 Å². The summed E-state index contributed by atoms with van der Waals surface area (Å²) in [6.45, 7) is 3.41. The smallest absolute Gasteiger partial charge is 0.135 e. The molecule has 0 aliphatic rings. The summed E-state index contributed by atoms with van der Waals surface area (Å²) in [5.74, 6) is 0.611. The lowest BCUT2D eigenvalue weighted by Crippen LogP contribution is -2.18. The van der Waals surface area contributed by atoms with Gasteiger partial charge in [0.2, 0.25) is 0 Å². The van der Waals surface area contributed by atoms with Crippen LogP contribution in [0.1, 0.15) is 13.8 Å². The maximum atomic E-state index is 8.85. The molecule has 0 radical (unpaired) electrons. The van der Waals surface area contributed by atoms with Crippen molar-refractivity contribution >= 4 is 0 Å². The highest BCUT2D eigenvalue weighted by Crippen LogP contribution is 1.94. The van der Waals surface area contributed by atoms with E-state index in [0.29, 0.717) is 5.76 Å². The van der Waals surface area contributed by atoms with Crippen LogP contribution in [0.3, 0.4) is 0 Å². The number of rotatable bonds is 4. The minimum atomic E-state index is -0.802. The second kappa shape index (κ2) is 5.98. The van der Waals surface area contributed by atoms with Crippen LogP contribution >= 0.6 is 0 Å². The summed E-state index contributed by atoms with van der Waals surface area (Å²) in [5, 5.41) is 17.3. The van der Waals surface area contributed by atoms with E-state index in [1.165, 1.54) is 0 Å². The molecule has 0 aromatic rings. The highest BCUT2D eigenvalue weighted by atomic mass is 16.5. The largest absolute Gasteiger partial charge is 0.487 e. The number of aliphatic hydroxyl groups is 2. The predicted molar refractivity (Wildman–Crippen MR) is 42.0 cm³/mol. The minimum absolute atomic E-state index is 0.114. The fourth-order valence-corrected chi connectivity index (χ4v) is 0.519. The zero-order valence-corrected chi connectivity index (χ0v) is 6.87. The van der Waals surface area contributed by atoms with Crippen LogP contribution in [0.15, 0.2) is 17.6 Å². The van der Waals surface area contributed by atoms with Crippen molar-refractivity contribution in [2.45, 2.75) is 20.0 Å². The number of aliphatic hydroxyl groups excluding tert-OH is 2. The Balaban J connectivity index is 3.62. The van der Waals surface area contributed by atoms with E-state index in [0.717, 1.165) is 0 Å². The number of allylic oxidation sites excluding steroid dienone is 1. The Morgan fingerprint density at radius 3 is 2.82 bits per heavy atom. The van der Waals surface area contributed by atoms with E-state index in [1.807, 2.05) is 6.92 Å². The Morgan fingerprint density at radius 2 is 2.36 bits per heavy atom. The van der Waals surface area contributed by atoms with Gasteiger partial charge in [-0.1, -0.05) is 5.73 Å². The second-order valence-electron chi connectivity index (χ2n) is 2.14. The minimum Gasteiger partial charge on any atom is -0.487 e. The van der Waals surface area contributed by atoms with E-state index < -0.39 is 6.10 Å². The van der Waals surface area contributed by atoms with Crippen LogP contribution in [0.4, 0.5) is 0 Å². The first kappa shape index (κ1) is 10.2. The molecule has 0 amide bonds. The van der Waals surface area contributed by atoms with Gasteiger partial charge in [0.15, 0.2) is 0 Å². The third-order valence-corrected chi connectivity index (χ3v) is 1.05. The van der Waals surface area contributed by atoms with Crippen molar-refractivity contribution in [3.05, 3.63) is 17.6 Å². The third-order valence-electron chi connectivity index (χ3n) is 1.05. The molecule has 3 heteroatoms.